The Kier molecular flexibility index (Phi) is 4.71. The van der Waals surface area contributed by atoms with Crippen LogP contribution in [0.2, 0.25) is 0 Å². The molecule has 14 heavy (non-hydrogen) atoms. The molecule has 0 aromatic heterocycles. The third kappa shape index (κ3) is 4.45. The van der Waals surface area contributed by atoms with Crippen molar-refractivity contribution in [1.29, 1.82) is 0 Å². The van der Waals surface area contributed by atoms with Gasteiger partial charge >= 0.3 is 0 Å². The summed E-state index contributed by atoms with van der Waals surface area (Å²) in [5.41, 5.74) is 0. The highest BCUT2D eigenvalue weighted by Crippen LogP contribution is 2.24. The van der Waals surface area contributed by atoms with Crippen LogP contribution in [0.5, 0.6) is 0 Å². The number of amides is 1. The summed E-state index contributed by atoms with van der Waals surface area (Å²) in [6.07, 6.45) is 11.2. The molecule has 1 aliphatic carbocycles. The molecule has 80 valence electrons. The van der Waals surface area contributed by atoms with Gasteiger partial charge in [0.2, 0.25) is 5.91 Å². The maximum atomic E-state index is 10.8. The van der Waals surface area contributed by atoms with E-state index in [1.807, 2.05) is 6.92 Å². The lowest BCUT2D eigenvalue weighted by atomic mass is 9.89. The first-order valence-corrected chi connectivity index (χ1v) is 5.64. The van der Waals surface area contributed by atoms with Crippen molar-refractivity contribution in [2.24, 2.45) is 5.92 Å². The van der Waals surface area contributed by atoms with Gasteiger partial charge in [-0.05, 0) is 25.7 Å². The number of carbonyl (C=O) groups is 1. The molecule has 0 aromatic carbocycles. The fraction of sp³-hybridized carbons (Fsp3) is 0.750. The van der Waals surface area contributed by atoms with Crippen molar-refractivity contribution in [3.05, 3.63) is 12.2 Å². The third-order valence-electron chi connectivity index (χ3n) is 2.75. The second-order valence-electron chi connectivity index (χ2n) is 4.27. The van der Waals surface area contributed by atoms with E-state index >= 15 is 0 Å². The number of nitrogens with one attached hydrogen (secondary N) is 1. The summed E-state index contributed by atoms with van der Waals surface area (Å²) < 4.78 is 0. The normalized spacial score (nSPS) is 21.0. The first kappa shape index (κ1) is 11.3. The van der Waals surface area contributed by atoms with Crippen LogP contribution >= 0.6 is 0 Å². The van der Waals surface area contributed by atoms with E-state index in [1.165, 1.54) is 32.1 Å². The lowest BCUT2D eigenvalue weighted by Crippen LogP contribution is -2.28. The van der Waals surface area contributed by atoms with E-state index in [-0.39, 0.29) is 11.9 Å². The van der Waals surface area contributed by atoms with Crippen LogP contribution in [0.15, 0.2) is 12.2 Å². The average molecular weight is 195 g/mol. The lowest BCUT2D eigenvalue weighted by molar-refractivity contribution is -0.119. The van der Waals surface area contributed by atoms with Gasteiger partial charge < -0.3 is 5.32 Å². The molecule has 0 radical (unpaired) electrons. The molecule has 0 spiro atoms. The molecule has 0 aliphatic heterocycles. The van der Waals surface area contributed by atoms with Gasteiger partial charge in [-0.15, -0.1) is 0 Å². The zero-order valence-electron chi connectivity index (χ0n) is 9.25. The summed E-state index contributed by atoms with van der Waals surface area (Å²) in [5.74, 6) is 0.797. The number of hydrogen-bond acceptors (Lipinski definition) is 1. The largest absolute Gasteiger partial charge is 0.350 e. The molecule has 0 heterocycles. The molecule has 0 bridgehead atoms. The summed E-state index contributed by atoms with van der Waals surface area (Å²) in [4.78, 5) is 10.8. The number of carbonyl (C=O) groups excluding carboxylic acids is 1. The number of allylic oxidation sites excluding steroid dienone is 1. The molecule has 1 atom stereocenters. The number of rotatable bonds is 3. The standard InChI is InChI=1S/C12H21NO/c1-10(13-11(2)14)8-9-12-6-4-3-5-7-12/h8-10,12H,3-7H2,1-2H3,(H,13,14)/b9-8+/t10-/m0/s1. The smallest absolute Gasteiger partial charge is 0.217 e. The molecule has 1 amide bonds. The van der Waals surface area contributed by atoms with Crippen molar-refractivity contribution in [3.63, 3.8) is 0 Å². The number of hydrogen-bond donors (Lipinski definition) is 1. The summed E-state index contributed by atoms with van der Waals surface area (Å²) in [5, 5.41) is 2.86. The van der Waals surface area contributed by atoms with Crippen LogP contribution in [0.4, 0.5) is 0 Å². The Hall–Kier alpha value is -0.790. The Morgan fingerprint density at radius 1 is 1.36 bits per heavy atom. The zero-order valence-corrected chi connectivity index (χ0v) is 9.25. The molecular weight excluding hydrogens is 174 g/mol. The summed E-state index contributed by atoms with van der Waals surface area (Å²) in [6.45, 7) is 3.58. The van der Waals surface area contributed by atoms with Gasteiger partial charge in [0, 0.05) is 13.0 Å². The van der Waals surface area contributed by atoms with Gasteiger partial charge in [-0.25, -0.2) is 0 Å². The third-order valence-corrected chi connectivity index (χ3v) is 2.75. The van der Waals surface area contributed by atoms with Crippen molar-refractivity contribution < 1.29 is 4.79 Å². The van der Waals surface area contributed by atoms with E-state index in [4.69, 9.17) is 0 Å². The Morgan fingerprint density at radius 3 is 2.57 bits per heavy atom. The highest BCUT2D eigenvalue weighted by Gasteiger charge is 2.10. The van der Waals surface area contributed by atoms with Crippen LogP contribution in [0, 0.1) is 5.92 Å². The molecule has 0 saturated heterocycles. The molecule has 0 aromatic rings. The summed E-state index contributed by atoms with van der Waals surface area (Å²) in [7, 11) is 0. The monoisotopic (exact) mass is 195 g/mol. The van der Waals surface area contributed by atoms with Crippen molar-refractivity contribution >= 4 is 5.91 Å². The van der Waals surface area contributed by atoms with Crippen molar-refractivity contribution in [3.8, 4) is 0 Å². The molecular formula is C12H21NO. The first-order chi connectivity index (χ1) is 6.68. The average Bonchev–Trinajstić information content (AvgIpc) is 2.15. The second kappa shape index (κ2) is 5.84. The first-order valence-electron chi connectivity index (χ1n) is 5.64. The van der Waals surface area contributed by atoms with Crippen LogP contribution in [-0.2, 0) is 4.79 Å². The predicted molar refractivity (Wildman–Crippen MR) is 59.0 cm³/mol. The van der Waals surface area contributed by atoms with E-state index in [1.54, 1.807) is 6.92 Å². The SMILES string of the molecule is CC(=O)N[C@@H](C)/C=C/C1CCCCC1. The Bertz CT molecular complexity index is 204. The highest BCUT2D eigenvalue weighted by molar-refractivity contribution is 5.73. The van der Waals surface area contributed by atoms with E-state index in [2.05, 4.69) is 17.5 Å². The van der Waals surface area contributed by atoms with Crippen LogP contribution in [0.1, 0.15) is 46.0 Å². The summed E-state index contributed by atoms with van der Waals surface area (Å²) in [6, 6.07) is 0.175. The van der Waals surface area contributed by atoms with Crippen LogP contribution in [0.25, 0.3) is 0 Å². The van der Waals surface area contributed by atoms with Gasteiger partial charge in [0.25, 0.3) is 0 Å². The van der Waals surface area contributed by atoms with Gasteiger partial charge in [-0.1, -0.05) is 31.4 Å². The van der Waals surface area contributed by atoms with Crippen molar-refractivity contribution in [2.45, 2.75) is 52.0 Å². The van der Waals surface area contributed by atoms with E-state index < -0.39 is 0 Å². The van der Waals surface area contributed by atoms with Crippen molar-refractivity contribution in [2.75, 3.05) is 0 Å². The fourth-order valence-corrected chi connectivity index (χ4v) is 2.02. The van der Waals surface area contributed by atoms with Crippen LogP contribution in [0.3, 0.4) is 0 Å². The Labute approximate surface area is 86.8 Å². The van der Waals surface area contributed by atoms with Gasteiger partial charge in [0.1, 0.15) is 0 Å². The minimum atomic E-state index is 0.0470. The van der Waals surface area contributed by atoms with E-state index in [0.717, 1.165) is 5.92 Å². The van der Waals surface area contributed by atoms with Gasteiger partial charge in [-0.3, -0.25) is 4.79 Å². The molecule has 1 saturated carbocycles. The Morgan fingerprint density at radius 2 is 2.00 bits per heavy atom. The van der Waals surface area contributed by atoms with Gasteiger partial charge in [0.05, 0.1) is 0 Å². The minimum Gasteiger partial charge on any atom is -0.350 e. The van der Waals surface area contributed by atoms with Gasteiger partial charge in [0.15, 0.2) is 0 Å². The van der Waals surface area contributed by atoms with E-state index in [0.29, 0.717) is 0 Å². The molecule has 2 heteroatoms. The lowest BCUT2D eigenvalue weighted by Gasteiger charge is -2.18. The highest BCUT2D eigenvalue weighted by atomic mass is 16.1. The Balaban J connectivity index is 2.26. The summed E-state index contributed by atoms with van der Waals surface area (Å²) >= 11 is 0. The maximum absolute atomic E-state index is 10.8. The second-order valence-corrected chi connectivity index (χ2v) is 4.27. The topological polar surface area (TPSA) is 29.1 Å². The quantitative estimate of drug-likeness (QED) is 0.689. The fourth-order valence-electron chi connectivity index (χ4n) is 2.02. The van der Waals surface area contributed by atoms with Gasteiger partial charge in [-0.2, -0.15) is 0 Å². The predicted octanol–water partition coefficient (Wildman–Crippen LogP) is 2.65. The zero-order chi connectivity index (χ0) is 10.4. The molecule has 1 fully saturated rings. The molecule has 0 unspecified atom stereocenters. The molecule has 1 rings (SSSR count). The minimum absolute atomic E-state index is 0.0470. The van der Waals surface area contributed by atoms with Crippen LogP contribution in [-0.4, -0.2) is 11.9 Å². The maximum Gasteiger partial charge on any atom is 0.217 e. The van der Waals surface area contributed by atoms with E-state index in [9.17, 15) is 4.79 Å². The molecule has 1 N–H and O–H groups in total. The van der Waals surface area contributed by atoms with Crippen LogP contribution < -0.4 is 5.32 Å². The molecule has 1 aliphatic rings. The molecule has 2 nitrogen and oxygen atoms in total. The van der Waals surface area contributed by atoms with Crippen molar-refractivity contribution in [1.82, 2.24) is 5.32 Å².